The average molecular weight is 373 g/mol. The average Bonchev–Trinajstić information content (AvgIpc) is 2.60. The Morgan fingerprint density at radius 3 is 2.27 bits per heavy atom. The van der Waals surface area contributed by atoms with Crippen molar-refractivity contribution < 1.29 is 13.8 Å². The molecular formula is C19H23N3O3S. The van der Waals surface area contributed by atoms with Crippen LogP contribution in [0.5, 0.6) is 0 Å². The predicted octanol–water partition coefficient (Wildman–Crippen LogP) is 2.94. The van der Waals surface area contributed by atoms with Gasteiger partial charge in [-0.25, -0.2) is 10.2 Å². The van der Waals surface area contributed by atoms with E-state index >= 15 is 0 Å². The number of urea groups is 1. The molecule has 3 N–H and O–H groups in total. The first-order chi connectivity index (χ1) is 12.4. The molecule has 0 saturated carbocycles. The number of hydrogen-bond donors (Lipinski definition) is 3. The van der Waals surface area contributed by atoms with Crippen LogP contribution in [0.25, 0.3) is 0 Å². The van der Waals surface area contributed by atoms with Crippen LogP contribution in [0.3, 0.4) is 0 Å². The molecule has 0 unspecified atom stereocenters. The number of carbonyl (C=O) groups excluding carboxylic acids is 2. The van der Waals surface area contributed by atoms with E-state index in [2.05, 4.69) is 16.2 Å². The fraction of sp³-hybridized carbons (Fsp3) is 0.263. The highest BCUT2D eigenvalue weighted by Crippen LogP contribution is 2.14. The van der Waals surface area contributed by atoms with Crippen molar-refractivity contribution in [3.8, 4) is 0 Å². The van der Waals surface area contributed by atoms with Gasteiger partial charge < -0.3 is 5.32 Å². The number of benzene rings is 2. The Morgan fingerprint density at radius 2 is 1.58 bits per heavy atom. The first kappa shape index (κ1) is 19.7. The second-order valence-corrected chi connectivity index (χ2v) is 7.59. The molecule has 0 fully saturated rings. The van der Waals surface area contributed by atoms with Crippen LogP contribution in [0.1, 0.15) is 25.0 Å². The molecule has 2 rings (SSSR count). The summed E-state index contributed by atoms with van der Waals surface area (Å²) in [6.45, 7) is 3.46. The molecule has 0 bridgehead atoms. The van der Waals surface area contributed by atoms with Crippen LogP contribution in [-0.2, 0) is 27.1 Å². The van der Waals surface area contributed by atoms with Crippen LogP contribution in [0.15, 0.2) is 54.6 Å². The van der Waals surface area contributed by atoms with Crippen LogP contribution in [0.4, 0.5) is 10.5 Å². The largest absolute Gasteiger partial charge is 0.337 e. The van der Waals surface area contributed by atoms with Gasteiger partial charge in [-0.2, -0.15) is 0 Å². The summed E-state index contributed by atoms with van der Waals surface area (Å²) >= 11 is 0. The van der Waals surface area contributed by atoms with Gasteiger partial charge in [0.1, 0.15) is 0 Å². The van der Waals surface area contributed by atoms with Crippen molar-refractivity contribution in [2.45, 2.75) is 25.4 Å². The maximum absolute atomic E-state index is 12.3. The molecule has 0 aliphatic carbocycles. The van der Waals surface area contributed by atoms with Crippen LogP contribution >= 0.6 is 0 Å². The van der Waals surface area contributed by atoms with Gasteiger partial charge in [0.2, 0.25) is 5.91 Å². The number of hydrogen-bond acceptors (Lipinski definition) is 3. The SMILES string of the molecule is CC(C)C(=O)NNC(=O)Nc1cccc(C[S@@](=O)Cc2ccccc2)c1. The summed E-state index contributed by atoms with van der Waals surface area (Å²) in [5.41, 5.74) is 7.08. The number of rotatable bonds is 6. The Kier molecular flexibility index (Phi) is 7.35. The van der Waals surface area contributed by atoms with Gasteiger partial charge in [0.05, 0.1) is 0 Å². The van der Waals surface area contributed by atoms with Crippen molar-refractivity contribution in [3.63, 3.8) is 0 Å². The molecule has 0 radical (unpaired) electrons. The Bertz CT molecular complexity index is 779. The molecule has 1 atom stereocenters. The Labute approximate surface area is 155 Å². The third-order valence-corrected chi connectivity index (χ3v) is 4.82. The van der Waals surface area contributed by atoms with E-state index < -0.39 is 16.8 Å². The summed E-state index contributed by atoms with van der Waals surface area (Å²) in [4.78, 5) is 23.3. The van der Waals surface area contributed by atoms with Crippen molar-refractivity contribution in [1.29, 1.82) is 0 Å². The summed E-state index contributed by atoms with van der Waals surface area (Å²) < 4.78 is 12.3. The van der Waals surface area contributed by atoms with E-state index in [0.29, 0.717) is 17.2 Å². The van der Waals surface area contributed by atoms with Gasteiger partial charge in [-0.3, -0.25) is 14.4 Å². The summed E-state index contributed by atoms with van der Waals surface area (Å²) in [5, 5.41) is 2.64. The van der Waals surface area contributed by atoms with E-state index in [1.54, 1.807) is 32.0 Å². The number of anilines is 1. The normalized spacial score (nSPS) is 11.7. The first-order valence-electron chi connectivity index (χ1n) is 8.28. The molecule has 6 nitrogen and oxygen atoms in total. The van der Waals surface area contributed by atoms with Gasteiger partial charge in [0.15, 0.2) is 0 Å². The van der Waals surface area contributed by atoms with Crippen LogP contribution in [-0.4, -0.2) is 16.1 Å². The Hall–Kier alpha value is -2.67. The Morgan fingerprint density at radius 1 is 0.923 bits per heavy atom. The number of amides is 3. The lowest BCUT2D eigenvalue weighted by molar-refractivity contribution is -0.124. The zero-order chi connectivity index (χ0) is 18.9. The van der Waals surface area contributed by atoms with Crippen molar-refractivity contribution in [2.75, 3.05) is 5.32 Å². The molecule has 3 amide bonds. The lowest BCUT2D eigenvalue weighted by atomic mass is 10.2. The van der Waals surface area contributed by atoms with Crippen molar-refractivity contribution in [2.24, 2.45) is 5.92 Å². The molecule has 26 heavy (non-hydrogen) atoms. The molecule has 0 aliphatic rings. The van der Waals surface area contributed by atoms with Crippen LogP contribution in [0.2, 0.25) is 0 Å². The number of hydrazine groups is 1. The highest BCUT2D eigenvalue weighted by Gasteiger charge is 2.09. The lowest BCUT2D eigenvalue weighted by Gasteiger charge is -2.11. The molecule has 7 heteroatoms. The van der Waals surface area contributed by atoms with E-state index in [-0.39, 0.29) is 11.8 Å². The number of nitrogens with one attached hydrogen (secondary N) is 3. The smallest absolute Gasteiger partial charge is 0.307 e. The summed E-state index contributed by atoms with van der Waals surface area (Å²) in [6, 6.07) is 16.3. The minimum Gasteiger partial charge on any atom is -0.307 e. The second kappa shape index (κ2) is 9.72. The first-order valence-corrected chi connectivity index (χ1v) is 9.77. The third kappa shape index (κ3) is 6.68. The van der Waals surface area contributed by atoms with Gasteiger partial charge in [-0.1, -0.05) is 56.3 Å². The quantitative estimate of drug-likeness (QED) is 0.680. The molecule has 0 heterocycles. The zero-order valence-corrected chi connectivity index (χ0v) is 15.6. The molecule has 0 aliphatic heterocycles. The highest BCUT2D eigenvalue weighted by atomic mass is 32.2. The van der Waals surface area contributed by atoms with Gasteiger partial charge >= 0.3 is 6.03 Å². The maximum Gasteiger partial charge on any atom is 0.337 e. The van der Waals surface area contributed by atoms with E-state index in [0.717, 1.165) is 11.1 Å². The van der Waals surface area contributed by atoms with Crippen molar-refractivity contribution >= 4 is 28.4 Å². The molecule has 2 aromatic carbocycles. The fourth-order valence-corrected chi connectivity index (χ4v) is 3.38. The highest BCUT2D eigenvalue weighted by molar-refractivity contribution is 7.83. The molecule has 138 valence electrons. The summed E-state index contributed by atoms with van der Waals surface area (Å²) in [7, 11) is -1.04. The monoisotopic (exact) mass is 373 g/mol. The molecular weight excluding hydrogens is 350 g/mol. The van der Waals surface area contributed by atoms with Gasteiger partial charge in [-0.05, 0) is 23.3 Å². The predicted molar refractivity (Wildman–Crippen MR) is 104 cm³/mol. The zero-order valence-electron chi connectivity index (χ0n) is 14.8. The van der Waals surface area contributed by atoms with Gasteiger partial charge in [0, 0.05) is 33.9 Å². The summed E-state index contributed by atoms with van der Waals surface area (Å²) in [6.07, 6.45) is 0. The fourth-order valence-electron chi connectivity index (χ4n) is 2.16. The van der Waals surface area contributed by atoms with E-state index in [4.69, 9.17) is 0 Å². The van der Waals surface area contributed by atoms with Gasteiger partial charge in [0.25, 0.3) is 0 Å². The third-order valence-electron chi connectivity index (χ3n) is 3.51. The topological polar surface area (TPSA) is 87.3 Å². The van der Waals surface area contributed by atoms with E-state index in [1.165, 1.54) is 0 Å². The molecule has 2 aromatic rings. The van der Waals surface area contributed by atoms with Gasteiger partial charge in [-0.15, -0.1) is 0 Å². The molecule has 0 spiro atoms. The van der Waals surface area contributed by atoms with E-state index in [1.807, 2.05) is 36.4 Å². The van der Waals surface area contributed by atoms with Crippen molar-refractivity contribution in [1.82, 2.24) is 10.9 Å². The molecule has 0 saturated heterocycles. The molecule has 0 aromatic heterocycles. The second-order valence-electron chi connectivity index (χ2n) is 6.14. The minimum absolute atomic E-state index is 0.224. The van der Waals surface area contributed by atoms with Crippen LogP contribution in [0, 0.1) is 5.92 Å². The maximum atomic E-state index is 12.3. The van der Waals surface area contributed by atoms with E-state index in [9.17, 15) is 13.8 Å². The Balaban J connectivity index is 1.88. The standard InChI is InChI=1S/C19H23N3O3S/c1-14(2)18(23)21-22-19(24)20-17-10-6-9-16(11-17)13-26(25)12-15-7-4-3-5-8-15/h3-11,14H,12-13H2,1-2H3,(H,21,23)(H2,20,22,24)/t26-/m0/s1. The summed E-state index contributed by atoms with van der Waals surface area (Å²) in [5.74, 6) is 0.388. The lowest BCUT2D eigenvalue weighted by Crippen LogP contribution is -2.45. The number of carbonyl (C=O) groups is 2. The minimum atomic E-state index is -1.04. The van der Waals surface area contributed by atoms with Crippen LogP contribution < -0.4 is 16.2 Å². The van der Waals surface area contributed by atoms with Crippen molar-refractivity contribution in [3.05, 3.63) is 65.7 Å².